The summed E-state index contributed by atoms with van der Waals surface area (Å²) in [6, 6.07) is 77.4. The van der Waals surface area contributed by atoms with Gasteiger partial charge in [0, 0.05) is 11.1 Å². The predicted molar refractivity (Wildman–Crippen MR) is 241 cm³/mol. The van der Waals surface area contributed by atoms with Crippen molar-refractivity contribution in [2.75, 3.05) is 0 Å². The van der Waals surface area contributed by atoms with Crippen LogP contribution in [0.15, 0.2) is 206 Å². The summed E-state index contributed by atoms with van der Waals surface area (Å²) in [7, 11) is 0. The molecule has 10 aromatic rings. The highest BCUT2D eigenvalue weighted by atomic mass is 16.5. The van der Waals surface area contributed by atoms with Gasteiger partial charge in [-0.15, -0.1) is 0 Å². The van der Waals surface area contributed by atoms with Crippen molar-refractivity contribution in [2.24, 2.45) is 0 Å². The predicted octanol–water partition coefficient (Wildman–Crippen LogP) is 14.5. The molecule has 0 radical (unpaired) electrons. The van der Waals surface area contributed by atoms with Gasteiger partial charge in [0.05, 0.1) is 10.8 Å². The SMILES string of the molecule is c1ccc2c(c1)-c1ccccc1C21c2cc(-c3ccc4c(c3)C3(c5ccccc5-4)c4ccccc4-c4cccc5cccc3c45)ccc2Oc2cc3ccccc3cc21. The Balaban J connectivity index is 1.05. The molecule has 2 spiro atoms. The van der Waals surface area contributed by atoms with Gasteiger partial charge in [0.15, 0.2) is 0 Å². The Labute approximate surface area is 342 Å². The van der Waals surface area contributed by atoms with Gasteiger partial charge in [0.25, 0.3) is 0 Å². The summed E-state index contributed by atoms with van der Waals surface area (Å²) in [5, 5.41) is 5.01. The van der Waals surface area contributed by atoms with Gasteiger partial charge < -0.3 is 4.74 Å². The van der Waals surface area contributed by atoms with Crippen molar-refractivity contribution in [1.82, 2.24) is 0 Å². The van der Waals surface area contributed by atoms with Gasteiger partial charge in [-0.05, 0) is 130 Å². The molecule has 0 bridgehead atoms. The summed E-state index contributed by atoms with van der Waals surface area (Å²) in [5.74, 6) is 1.82. The fraction of sp³-hybridized carbons (Fsp3) is 0.0345. The van der Waals surface area contributed by atoms with Gasteiger partial charge in [-0.25, -0.2) is 0 Å². The fourth-order valence-electron chi connectivity index (χ4n) is 11.9. The van der Waals surface area contributed by atoms with Crippen molar-refractivity contribution < 1.29 is 4.74 Å². The van der Waals surface area contributed by atoms with E-state index in [0.717, 1.165) is 11.5 Å². The second-order valence-electron chi connectivity index (χ2n) is 16.7. The van der Waals surface area contributed by atoms with Crippen LogP contribution in [-0.2, 0) is 10.8 Å². The summed E-state index contributed by atoms with van der Waals surface area (Å²) >= 11 is 0. The Morgan fingerprint density at radius 3 is 1.32 bits per heavy atom. The Morgan fingerprint density at radius 2 is 0.678 bits per heavy atom. The maximum atomic E-state index is 7.00. The second-order valence-corrected chi connectivity index (χ2v) is 16.7. The molecule has 0 amide bonds. The zero-order chi connectivity index (χ0) is 38.5. The Morgan fingerprint density at radius 1 is 0.254 bits per heavy atom. The topological polar surface area (TPSA) is 9.23 Å². The van der Waals surface area contributed by atoms with Gasteiger partial charge in [-0.3, -0.25) is 0 Å². The molecule has 4 aliphatic rings. The number of rotatable bonds is 1. The number of hydrogen-bond acceptors (Lipinski definition) is 1. The van der Waals surface area contributed by atoms with Crippen molar-refractivity contribution in [3.05, 3.63) is 251 Å². The minimum atomic E-state index is -0.563. The summed E-state index contributed by atoms with van der Waals surface area (Å²) in [6.45, 7) is 0. The van der Waals surface area contributed by atoms with Crippen molar-refractivity contribution in [3.8, 4) is 56.0 Å². The highest BCUT2D eigenvalue weighted by molar-refractivity contribution is 6.07. The standard InChI is InChI=1S/C58H34O/c1-2-14-37-34-55-53(32-36(37)13-1)58(47-23-8-3-17-40(47)41-18-4-9-24-48(41)58)52-33-39(28-30-54(52)59-55)38-27-29-44-42-19-5-7-22-46(42)57(51(44)31-38)49-25-10-6-20-43(49)45-21-11-15-35-16-12-26-50(57)56(35)45/h1-34H. The Hall–Kier alpha value is -7.48. The third-order valence-corrected chi connectivity index (χ3v) is 14.1. The monoisotopic (exact) mass is 746 g/mol. The van der Waals surface area contributed by atoms with Crippen molar-refractivity contribution >= 4 is 21.5 Å². The van der Waals surface area contributed by atoms with Crippen LogP contribution in [0.25, 0.3) is 66.1 Å². The highest BCUT2D eigenvalue weighted by Crippen LogP contribution is 2.64. The smallest absolute Gasteiger partial charge is 0.132 e. The first-order chi connectivity index (χ1) is 29.2. The minimum Gasteiger partial charge on any atom is -0.457 e. The van der Waals surface area contributed by atoms with Gasteiger partial charge >= 0.3 is 0 Å². The summed E-state index contributed by atoms with van der Waals surface area (Å²) in [5.41, 5.74) is 19.5. The van der Waals surface area contributed by atoms with Crippen LogP contribution in [0, 0.1) is 0 Å². The van der Waals surface area contributed by atoms with E-state index in [1.807, 2.05) is 0 Å². The van der Waals surface area contributed by atoms with E-state index < -0.39 is 10.8 Å². The Bertz CT molecular complexity index is 3450. The largest absolute Gasteiger partial charge is 0.457 e. The lowest BCUT2D eigenvalue weighted by atomic mass is 9.61. The summed E-state index contributed by atoms with van der Waals surface area (Å²) in [4.78, 5) is 0. The molecule has 0 saturated carbocycles. The molecule has 0 aromatic heterocycles. The van der Waals surface area contributed by atoms with Gasteiger partial charge in [-0.2, -0.15) is 0 Å². The fourth-order valence-corrected chi connectivity index (χ4v) is 11.9. The maximum Gasteiger partial charge on any atom is 0.132 e. The average Bonchev–Trinajstić information content (AvgIpc) is 3.76. The Kier molecular flexibility index (Phi) is 5.96. The lowest BCUT2D eigenvalue weighted by Crippen LogP contribution is -2.32. The molecule has 3 aliphatic carbocycles. The number of fused-ring (bicyclic) bond motifs is 19. The van der Waals surface area contributed by atoms with Crippen molar-refractivity contribution in [2.45, 2.75) is 10.8 Å². The van der Waals surface area contributed by atoms with E-state index in [-0.39, 0.29) is 0 Å². The summed E-state index contributed by atoms with van der Waals surface area (Å²) < 4.78 is 7.00. The molecule has 10 aromatic carbocycles. The van der Waals surface area contributed by atoms with Crippen LogP contribution < -0.4 is 4.74 Å². The van der Waals surface area contributed by atoms with Crippen LogP contribution in [0.4, 0.5) is 0 Å². The molecule has 14 rings (SSSR count). The molecule has 272 valence electrons. The van der Waals surface area contributed by atoms with Crippen LogP contribution in [0.1, 0.15) is 44.5 Å². The first-order valence-electron chi connectivity index (χ1n) is 20.7. The van der Waals surface area contributed by atoms with Crippen LogP contribution in [-0.4, -0.2) is 0 Å². The molecule has 1 heterocycles. The minimum absolute atomic E-state index is 0.478. The first-order valence-corrected chi connectivity index (χ1v) is 20.7. The quantitative estimate of drug-likeness (QED) is 0.163. The molecule has 0 fully saturated rings. The molecule has 1 atom stereocenters. The maximum absolute atomic E-state index is 7.00. The third-order valence-electron chi connectivity index (χ3n) is 14.1. The van der Waals surface area contributed by atoms with Crippen molar-refractivity contribution in [1.29, 1.82) is 0 Å². The van der Waals surface area contributed by atoms with Crippen LogP contribution >= 0.6 is 0 Å². The number of ether oxygens (including phenoxy) is 1. The van der Waals surface area contributed by atoms with E-state index in [0.29, 0.717) is 0 Å². The van der Waals surface area contributed by atoms with E-state index in [2.05, 4.69) is 206 Å². The highest BCUT2D eigenvalue weighted by Gasteiger charge is 2.52. The first kappa shape index (κ1) is 31.6. The van der Waals surface area contributed by atoms with E-state index in [1.165, 1.54) is 111 Å². The van der Waals surface area contributed by atoms with Gasteiger partial charge in [0.1, 0.15) is 11.5 Å². The van der Waals surface area contributed by atoms with Crippen LogP contribution in [0.3, 0.4) is 0 Å². The van der Waals surface area contributed by atoms with E-state index in [9.17, 15) is 0 Å². The molecule has 0 N–H and O–H groups in total. The second kappa shape index (κ2) is 11.1. The molecular weight excluding hydrogens is 713 g/mol. The normalized spacial score (nSPS) is 16.5. The molecule has 59 heavy (non-hydrogen) atoms. The van der Waals surface area contributed by atoms with Crippen LogP contribution in [0.2, 0.25) is 0 Å². The van der Waals surface area contributed by atoms with E-state index in [4.69, 9.17) is 4.74 Å². The zero-order valence-electron chi connectivity index (χ0n) is 32.0. The van der Waals surface area contributed by atoms with Gasteiger partial charge in [-0.1, -0.05) is 176 Å². The van der Waals surface area contributed by atoms with E-state index >= 15 is 0 Å². The molecule has 1 heteroatoms. The molecule has 1 nitrogen and oxygen atoms in total. The molecule has 0 saturated heterocycles. The molecule has 1 aliphatic heterocycles. The zero-order valence-corrected chi connectivity index (χ0v) is 32.0. The lowest BCUT2D eigenvalue weighted by Gasteiger charge is -2.40. The molecular formula is C58H34O. The van der Waals surface area contributed by atoms with Crippen molar-refractivity contribution in [3.63, 3.8) is 0 Å². The summed E-state index contributed by atoms with van der Waals surface area (Å²) in [6.07, 6.45) is 0. The van der Waals surface area contributed by atoms with Crippen LogP contribution in [0.5, 0.6) is 11.5 Å². The van der Waals surface area contributed by atoms with Gasteiger partial charge in [0.2, 0.25) is 0 Å². The van der Waals surface area contributed by atoms with E-state index in [1.54, 1.807) is 0 Å². The average molecular weight is 747 g/mol. The number of benzene rings is 10. The third kappa shape index (κ3) is 3.77. The number of hydrogen-bond donors (Lipinski definition) is 0. The molecule has 1 unspecified atom stereocenters. The lowest BCUT2D eigenvalue weighted by molar-refractivity contribution is 0.437.